The second kappa shape index (κ2) is 17.5. The average Bonchev–Trinajstić information content (AvgIpc) is 3.34. The van der Waals surface area contributed by atoms with E-state index in [2.05, 4.69) is 137 Å². The number of carbonyl (C=O) groups excluding carboxylic acids is 1. The summed E-state index contributed by atoms with van der Waals surface area (Å²) < 4.78 is 31.7. The summed E-state index contributed by atoms with van der Waals surface area (Å²) in [5, 5.41) is 4.90. The van der Waals surface area contributed by atoms with E-state index in [4.69, 9.17) is 4.99 Å². The lowest BCUT2D eigenvalue weighted by molar-refractivity contribution is -0.107. The second-order valence-corrected chi connectivity index (χ2v) is 16.6. The van der Waals surface area contributed by atoms with E-state index in [1.54, 1.807) is 0 Å². The zero-order valence-corrected chi connectivity index (χ0v) is 32.7. The second-order valence-electron chi connectivity index (χ2n) is 15.0. The lowest BCUT2D eigenvalue weighted by Gasteiger charge is -2.29. The lowest BCUT2D eigenvalue weighted by atomic mass is 9.75. The summed E-state index contributed by atoms with van der Waals surface area (Å²) in [5.74, 6) is -0.260. The van der Waals surface area contributed by atoms with Crippen molar-refractivity contribution >= 4 is 49.3 Å². The van der Waals surface area contributed by atoms with Crippen molar-refractivity contribution in [3.05, 3.63) is 138 Å². The molecule has 0 saturated heterocycles. The number of allylic oxidation sites excluding steroid dienone is 8. The molecule has 0 radical (unpaired) electrons. The van der Waals surface area contributed by atoms with Crippen molar-refractivity contribution in [1.82, 2.24) is 0 Å². The molecule has 0 saturated carbocycles. The van der Waals surface area contributed by atoms with Gasteiger partial charge in [0.1, 0.15) is 6.29 Å². The first kappa shape index (κ1) is 39.6. The maximum Gasteiger partial charge on any atom is 0.264 e. The van der Waals surface area contributed by atoms with Gasteiger partial charge < -0.3 is 9.69 Å². The van der Waals surface area contributed by atoms with E-state index >= 15 is 0 Å². The number of carbonyl (C=O) groups is 1. The van der Waals surface area contributed by atoms with Crippen molar-refractivity contribution in [2.24, 2.45) is 4.99 Å². The molecule has 0 atom stereocenters. The highest BCUT2D eigenvalue weighted by molar-refractivity contribution is 7.85. The molecular weight excluding hydrogens is 677 g/mol. The van der Waals surface area contributed by atoms with E-state index in [-0.39, 0.29) is 11.2 Å². The molecule has 1 aliphatic rings. The Morgan fingerprint density at radius 2 is 1.47 bits per heavy atom. The van der Waals surface area contributed by atoms with E-state index in [0.717, 1.165) is 37.8 Å². The maximum absolute atomic E-state index is 11.3. The predicted molar refractivity (Wildman–Crippen MR) is 224 cm³/mol. The van der Waals surface area contributed by atoms with Crippen molar-refractivity contribution < 1.29 is 17.8 Å². The molecule has 1 aliphatic heterocycles. The summed E-state index contributed by atoms with van der Waals surface area (Å²) >= 11 is 0. The van der Waals surface area contributed by atoms with Gasteiger partial charge >= 0.3 is 0 Å². The minimum Gasteiger partial charge on any atom is -0.344 e. The quantitative estimate of drug-likeness (QED) is 0.0384. The number of aldehydes is 1. The molecule has 4 aromatic carbocycles. The number of rotatable bonds is 17. The predicted octanol–water partition coefficient (Wildman–Crippen LogP) is 10.8. The molecule has 0 fully saturated rings. The van der Waals surface area contributed by atoms with E-state index in [0.29, 0.717) is 25.8 Å². The lowest BCUT2D eigenvalue weighted by Crippen LogP contribution is -2.29. The first-order valence-electron chi connectivity index (χ1n) is 18.8. The normalized spacial score (nSPS) is 15.9. The number of hydrogen-bond acceptors (Lipinski definition) is 5. The number of fused-ring (bicyclic) bond motifs is 4. The number of aryl methyl sites for hydroxylation is 1. The maximum atomic E-state index is 11.3. The number of aliphatic imine (C=N–C) groups is 1. The van der Waals surface area contributed by atoms with Crippen LogP contribution in [-0.4, -0.2) is 43.8 Å². The molecule has 278 valence electrons. The molecule has 7 heteroatoms. The molecule has 5 rings (SSSR count). The van der Waals surface area contributed by atoms with Crippen molar-refractivity contribution in [2.75, 3.05) is 23.7 Å². The Morgan fingerprint density at radius 3 is 2.21 bits per heavy atom. The van der Waals surface area contributed by atoms with Gasteiger partial charge in [-0.2, -0.15) is 8.42 Å². The molecular formula is C46H54N2O4S. The number of benzene rings is 4. The molecule has 1 heterocycles. The highest BCUT2D eigenvalue weighted by Gasteiger charge is 2.40. The van der Waals surface area contributed by atoms with Crippen LogP contribution in [0.25, 0.3) is 21.5 Å². The van der Waals surface area contributed by atoms with Crippen LogP contribution >= 0.6 is 0 Å². The zero-order chi connectivity index (χ0) is 38.1. The Labute approximate surface area is 316 Å². The number of nitrogens with zero attached hydrogens (tertiary/aromatic N) is 2. The molecule has 1 N–H and O–H groups in total. The Balaban J connectivity index is 1.39. The monoisotopic (exact) mass is 730 g/mol. The fourth-order valence-electron chi connectivity index (χ4n) is 7.83. The van der Waals surface area contributed by atoms with Crippen LogP contribution in [0.15, 0.2) is 126 Å². The molecule has 0 amide bonds. The van der Waals surface area contributed by atoms with Crippen LogP contribution in [0.1, 0.15) is 82.9 Å². The zero-order valence-electron chi connectivity index (χ0n) is 31.9. The van der Waals surface area contributed by atoms with Crippen LogP contribution < -0.4 is 4.90 Å². The Morgan fingerprint density at radius 1 is 0.811 bits per heavy atom. The summed E-state index contributed by atoms with van der Waals surface area (Å²) in [6.45, 7) is 12.5. The van der Waals surface area contributed by atoms with Crippen LogP contribution in [0.4, 0.5) is 5.69 Å². The Hall–Kier alpha value is -4.59. The largest absolute Gasteiger partial charge is 0.344 e. The summed E-state index contributed by atoms with van der Waals surface area (Å²) in [4.78, 5) is 18.3. The standard InChI is InChI=1S/C46H54N2O4S/c1-35-27-28-36-21-13-15-23-38(36)43(35)45(2,3)41(47-31-17-20-34-53(50,51)52)25-11-7-6-8-12-26-42-46(4,5)44-39-24-16-14-22-37(39)29-30-40(44)48(42)32-18-9-10-19-33-49/h6-8,11-16,21-30,33H,9-10,17-20,31-32,34H2,1-5H3,(H,50,51,52)/b7-6+,12-8+,25-11+,42-26-,47-41?. The molecule has 0 bridgehead atoms. The van der Waals surface area contributed by atoms with Crippen LogP contribution in [0.5, 0.6) is 0 Å². The smallest absolute Gasteiger partial charge is 0.264 e. The van der Waals surface area contributed by atoms with Gasteiger partial charge in [0.05, 0.1) is 5.75 Å². The Kier molecular flexibility index (Phi) is 13.1. The van der Waals surface area contributed by atoms with E-state index in [1.165, 1.54) is 49.6 Å². The molecule has 0 spiro atoms. The molecule has 53 heavy (non-hydrogen) atoms. The molecule has 6 nitrogen and oxygen atoms in total. The minimum absolute atomic E-state index is 0.189. The molecule has 4 aromatic rings. The topological polar surface area (TPSA) is 87.0 Å². The summed E-state index contributed by atoms with van der Waals surface area (Å²) in [7, 11) is -3.99. The Bertz CT molecular complexity index is 2190. The molecule has 0 unspecified atom stereocenters. The number of unbranched alkanes of at least 4 members (excludes halogenated alkanes) is 4. The fourth-order valence-corrected chi connectivity index (χ4v) is 8.40. The number of hydrogen-bond donors (Lipinski definition) is 1. The van der Waals surface area contributed by atoms with Gasteiger partial charge in [-0.15, -0.1) is 0 Å². The van der Waals surface area contributed by atoms with E-state index in [1.807, 2.05) is 18.2 Å². The summed E-state index contributed by atoms with van der Waals surface area (Å²) in [5.41, 5.74) is 6.57. The SMILES string of the molecule is Cc1ccc2ccccc2c1C(C)(C)C(/C=C/C=C/C=C/C=C1\N(CCCCCC=O)c2ccc3ccccc3c2C1(C)C)=NCCCCS(=O)(=O)O. The van der Waals surface area contributed by atoms with Gasteiger partial charge in [0.15, 0.2) is 0 Å². The van der Waals surface area contributed by atoms with E-state index in [9.17, 15) is 17.8 Å². The first-order valence-corrected chi connectivity index (χ1v) is 20.4. The van der Waals surface area contributed by atoms with Gasteiger partial charge in [-0.05, 0) is 89.1 Å². The van der Waals surface area contributed by atoms with Crippen molar-refractivity contribution in [2.45, 2.75) is 84.0 Å². The highest BCUT2D eigenvalue weighted by Crippen LogP contribution is 2.50. The van der Waals surface area contributed by atoms with Crippen LogP contribution in [0.2, 0.25) is 0 Å². The summed E-state index contributed by atoms with van der Waals surface area (Å²) in [6.07, 6.45) is 20.0. The van der Waals surface area contributed by atoms with Crippen molar-refractivity contribution in [3.8, 4) is 0 Å². The molecule has 0 aliphatic carbocycles. The van der Waals surface area contributed by atoms with Gasteiger partial charge in [-0.25, -0.2) is 0 Å². The van der Waals surface area contributed by atoms with Gasteiger partial charge in [0, 0.05) is 47.4 Å². The van der Waals surface area contributed by atoms with Crippen LogP contribution in [0, 0.1) is 6.92 Å². The third kappa shape index (κ3) is 9.51. The van der Waals surface area contributed by atoms with E-state index < -0.39 is 15.5 Å². The first-order chi connectivity index (χ1) is 25.4. The van der Waals surface area contributed by atoms with Crippen molar-refractivity contribution in [1.29, 1.82) is 0 Å². The van der Waals surface area contributed by atoms with Crippen molar-refractivity contribution in [3.63, 3.8) is 0 Å². The van der Waals surface area contributed by atoms with Gasteiger partial charge in [0.2, 0.25) is 0 Å². The average molecular weight is 731 g/mol. The van der Waals surface area contributed by atoms with Gasteiger partial charge in [0.25, 0.3) is 10.1 Å². The highest BCUT2D eigenvalue weighted by atomic mass is 32.2. The molecule has 0 aromatic heterocycles. The fraction of sp³-hybridized carbons (Fsp3) is 0.348. The van der Waals surface area contributed by atoms with Crippen LogP contribution in [-0.2, 0) is 25.7 Å². The van der Waals surface area contributed by atoms with Gasteiger partial charge in [-0.1, -0.05) is 131 Å². The third-order valence-corrected chi connectivity index (χ3v) is 11.2. The van der Waals surface area contributed by atoms with Gasteiger partial charge in [-0.3, -0.25) is 9.55 Å². The third-order valence-electron chi connectivity index (χ3n) is 10.4. The number of anilines is 1. The minimum atomic E-state index is -3.99. The summed E-state index contributed by atoms with van der Waals surface area (Å²) in [6, 6.07) is 25.8. The van der Waals surface area contributed by atoms with Crippen LogP contribution in [0.3, 0.4) is 0 Å².